The first-order chi connectivity index (χ1) is 13.1. The third-order valence-electron chi connectivity index (χ3n) is 3.86. The first kappa shape index (κ1) is 18.4. The molecule has 0 saturated heterocycles. The summed E-state index contributed by atoms with van der Waals surface area (Å²) in [6, 6.07) is 4.61. The van der Waals surface area contributed by atoms with Gasteiger partial charge in [0, 0.05) is 33.1 Å². The topological polar surface area (TPSA) is 119 Å². The molecule has 0 aliphatic carbocycles. The molecule has 0 atom stereocenters. The Balaban J connectivity index is 1.80. The van der Waals surface area contributed by atoms with Crippen molar-refractivity contribution in [3.05, 3.63) is 48.3 Å². The number of carboxylic acids is 1. The van der Waals surface area contributed by atoms with E-state index in [2.05, 4.69) is 25.1 Å². The maximum Gasteiger partial charge on any atom is 0.335 e. The molecule has 0 amide bonds. The van der Waals surface area contributed by atoms with Crippen LogP contribution in [0.15, 0.2) is 36.9 Å². The van der Waals surface area contributed by atoms with Gasteiger partial charge in [-0.2, -0.15) is 0 Å². The molecule has 10 heteroatoms. The van der Waals surface area contributed by atoms with E-state index in [9.17, 15) is 4.79 Å². The van der Waals surface area contributed by atoms with Gasteiger partial charge in [-0.15, -0.1) is 10.2 Å². The second-order valence-corrected chi connectivity index (χ2v) is 5.77. The largest absolute Gasteiger partial charge is 0.478 e. The molecule has 0 aliphatic rings. The van der Waals surface area contributed by atoms with Crippen LogP contribution >= 0.6 is 0 Å². The monoisotopic (exact) mass is 369 g/mol. The highest BCUT2D eigenvalue weighted by molar-refractivity contribution is 5.88. The lowest BCUT2D eigenvalue weighted by Gasteiger charge is -2.17. The van der Waals surface area contributed by atoms with Crippen molar-refractivity contribution in [3.63, 3.8) is 0 Å². The molecule has 0 aliphatic heterocycles. The smallest absolute Gasteiger partial charge is 0.335 e. The average molecular weight is 369 g/mol. The summed E-state index contributed by atoms with van der Waals surface area (Å²) >= 11 is 0. The molecular weight excluding hydrogens is 350 g/mol. The summed E-state index contributed by atoms with van der Waals surface area (Å²) in [7, 11) is 3.48. The number of hydrogen-bond donors (Lipinski definition) is 1. The van der Waals surface area contributed by atoms with Crippen molar-refractivity contribution in [3.8, 4) is 11.4 Å². The second-order valence-electron chi connectivity index (χ2n) is 5.77. The lowest BCUT2D eigenvalue weighted by Crippen LogP contribution is -2.22. The van der Waals surface area contributed by atoms with Crippen LogP contribution in [0.5, 0.6) is 0 Å². The van der Waals surface area contributed by atoms with Crippen molar-refractivity contribution in [1.82, 2.24) is 29.7 Å². The Hall–Kier alpha value is -3.40. The number of nitrogens with zero attached hydrogens (tertiary/aromatic N) is 7. The van der Waals surface area contributed by atoms with E-state index in [-0.39, 0.29) is 5.56 Å². The van der Waals surface area contributed by atoms with Crippen molar-refractivity contribution < 1.29 is 14.6 Å². The van der Waals surface area contributed by atoms with Crippen molar-refractivity contribution in [1.29, 1.82) is 0 Å². The number of hydrogen-bond acceptors (Lipinski definition) is 8. The van der Waals surface area contributed by atoms with Gasteiger partial charge in [0.25, 0.3) is 0 Å². The fourth-order valence-corrected chi connectivity index (χ4v) is 2.44. The molecule has 140 valence electrons. The van der Waals surface area contributed by atoms with Gasteiger partial charge in [-0.1, -0.05) is 0 Å². The number of aromatic nitrogens is 6. The lowest BCUT2D eigenvalue weighted by atomic mass is 10.2. The number of ether oxygens (including phenoxy) is 1. The molecular formula is C17H19N7O3. The number of carbonyl (C=O) groups is 1. The fraction of sp³-hybridized carbons (Fsp3) is 0.294. The Kier molecular flexibility index (Phi) is 5.67. The normalized spacial score (nSPS) is 10.7. The second kappa shape index (κ2) is 8.32. The molecule has 0 aromatic carbocycles. The summed E-state index contributed by atoms with van der Waals surface area (Å²) in [5, 5.41) is 17.2. The maximum atomic E-state index is 11.2. The van der Waals surface area contributed by atoms with Gasteiger partial charge in [0.15, 0.2) is 5.82 Å². The average Bonchev–Trinajstić information content (AvgIpc) is 3.13. The van der Waals surface area contributed by atoms with Gasteiger partial charge < -0.3 is 19.3 Å². The molecule has 1 N–H and O–H groups in total. The summed E-state index contributed by atoms with van der Waals surface area (Å²) in [5.74, 6) is 0.214. The van der Waals surface area contributed by atoms with Gasteiger partial charge in [0.1, 0.15) is 6.33 Å². The van der Waals surface area contributed by atoms with Gasteiger partial charge >= 0.3 is 5.97 Å². The Labute approximate surface area is 155 Å². The van der Waals surface area contributed by atoms with E-state index in [1.807, 2.05) is 16.5 Å². The number of anilines is 1. The van der Waals surface area contributed by atoms with Gasteiger partial charge in [0.05, 0.1) is 30.1 Å². The van der Waals surface area contributed by atoms with Crippen LogP contribution in [-0.4, -0.2) is 61.6 Å². The van der Waals surface area contributed by atoms with Crippen LogP contribution in [-0.2, 0) is 17.8 Å². The van der Waals surface area contributed by atoms with E-state index in [0.717, 1.165) is 5.82 Å². The predicted octanol–water partition coefficient (Wildman–Crippen LogP) is 1.11. The molecule has 0 spiro atoms. The van der Waals surface area contributed by atoms with Crippen LogP contribution in [0.1, 0.15) is 16.2 Å². The minimum absolute atomic E-state index is 0.153. The Morgan fingerprint density at radius 2 is 2.07 bits per heavy atom. The summed E-state index contributed by atoms with van der Waals surface area (Å²) in [6.07, 6.45) is 4.71. The van der Waals surface area contributed by atoms with Gasteiger partial charge in [-0.25, -0.2) is 14.8 Å². The molecule has 10 nitrogen and oxygen atoms in total. The SMILES string of the molecule is COCCn1cnnc1CN(C)c1nccc(-c2cc(C(=O)O)ccn2)n1. The minimum atomic E-state index is -1.01. The minimum Gasteiger partial charge on any atom is -0.478 e. The summed E-state index contributed by atoms with van der Waals surface area (Å²) in [4.78, 5) is 26.0. The zero-order valence-electron chi connectivity index (χ0n) is 15.0. The van der Waals surface area contributed by atoms with Crippen LogP contribution in [0.25, 0.3) is 11.4 Å². The Morgan fingerprint density at radius 3 is 2.85 bits per heavy atom. The lowest BCUT2D eigenvalue weighted by molar-refractivity contribution is 0.0697. The zero-order chi connectivity index (χ0) is 19.2. The van der Waals surface area contributed by atoms with E-state index < -0.39 is 5.97 Å². The highest BCUT2D eigenvalue weighted by atomic mass is 16.5. The van der Waals surface area contributed by atoms with E-state index in [1.54, 1.807) is 25.7 Å². The van der Waals surface area contributed by atoms with Crippen LogP contribution < -0.4 is 4.90 Å². The first-order valence-electron chi connectivity index (χ1n) is 8.18. The quantitative estimate of drug-likeness (QED) is 0.622. The summed E-state index contributed by atoms with van der Waals surface area (Å²) in [6.45, 7) is 1.67. The Morgan fingerprint density at radius 1 is 1.26 bits per heavy atom. The van der Waals surface area contributed by atoms with E-state index in [0.29, 0.717) is 37.0 Å². The molecule has 0 radical (unpaired) electrons. The van der Waals surface area contributed by atoms with Crippen LogP contribution in [0.3, 0.4) is 0 Å². The molecule has 3 rings (SSSR count). The van der Waals surface area contributed by atoms with Crippen molar-refractivity contribution in [2.45, 2.75) is 13.1 Å². The van der Waals surface area contributed by atoms with Gasteiger partial charge in [-0.3, -0.25) is 4.98 Å². The third kappa shape index (κ3) is 4.42. The molecule has 0 fully saturated rings. The van der Waals surface area contributed by atoms with Gasteiger partial charge in [-0.05, 0) is 18.2 Å². The molecule has 0 saturated carbocycles. The molecule has 3 heterocycles. The number of pyridine rings is 1. The van der Waals surface area contributed by atoms with E-state index in [4.69, 9.17) is 9.84 Å². The molecule has 0 bridgehead atoms. The molecule has 0 unspecified atom stereocenters. The predicted molar refractivity (Wildman–Crippen MR) is 96.2 cm³/mol. The highest BCUT2D eigenvalue weighted by Crippen LogP contribution is 2.18. The number of carboxylic acid groups (broad SMARTS) is 1. The molecule has 3 aromatic heterocycles. The molecule has 27 heavy (non-hydrogen) atoms. The number of rotatable bonds is 8. The summed E-state index contributed by atoms with van der Waals surface area (Å²) in [5.41, 5.74) is 1.16. The number of aromatic carboxylic acids is 1. The van der Waals surface area contributed by atoms with E-state index in [1.165, 1.54) is 18.3 Å². The van der Waals surface area contributed by atoms with Crippen molar-refractivity contribution >= 4 is 11.9 Å². The standard InChI is InChI=1S/C17H19N7O3/c1-23(10-15-22-20-11-24(15)7-8-27-2)17-19-6-4-13(21-17)14-9-12(16(25)26)3-5-18-14/h3-6,9,11H,7-8,10H2,1-2H3,(H,25,26). The third-order valence-corrected chi connectivity index (χ3v) is 3.86. The maximum absolute atomic E-state index is 11.2. The Bertz CT molecular complexity index is 928. The molecule has 3 aromatic rings. The first-order valence-corrected chi connectivity index (χ1v) is 8.18. The number of methoxy groups -OCH3 is 1. The summed E-state index contributed by atoms with van der Waals surface area (Å²) < 4.78 is 6.99. The van der Waals surface area contributed by atoms with Crippen LogP contribution in [0, 0.1) is 0 Å². The zero-order valence-corrected chi connectivity index (χ0v) is 15.0. The van der Waals surface area contributed by atoms with Crippen LogP contribution in [0.4, 0.5) is 5.95 Å². The fourth-order valence-electron chi connectivity index (χ4n) is 2.44. The highest BCUT2D eigenvalue weighted by Gasteiger charge is 2.13. The van der Waals surface area contributed by atoms with E-state index >= 15 is 0 Å². The van der Waals surface area contributed by atoms with Crippen LogP contribution in [0.2, 0.25) is 0 Å². The van der Waals surface area contributed by atoms with Gasteiger partial charge in [0.2, 0.25) is 5.95 Å². The van der Waals surface area contributed by atoms with Crippen molar-refractivity contribution in [2.24, 2.45) is 0 Å². The van der Waals surface area contributed by atoms with Crippen molar-refractivity contribution in [2.75, 3.05) is 25.7 Å².